The molecule has 108 valence electrons. The van der Waals surface area contributed by atoms with Crippen molar-refractivity contribution in [2.24, 2.45) is 5.84 Å². The first-order chi connectivity index (χ1) is 10.2. The quantitative estimate of drug-likeness (QED) is 0.569. The van der Waals surface area contributed by atoms with Gasteiger partial charge in [0.15, 0.2) is 0 Å². The minimum Gasteiger partial charge on any atom is -0.496 e. The highest BCUT2D eigenvalue weighted by Crippen LogP contribution is 2.32. The monoisotopic (exact) mass is 282 g/mol. The molecule has 0 amide bonds. The summed E-state index contributed by atoms with van der Waals surface area (Å²) in [4.78, 5) is 0. The highest BCUT2D eigenvalue weighted by atomic mass is 16.5. The summed E-state index contributed by atoms with van der Waals surface area (Å²) in [6, 6.07) is 15.6. The number of ether oxygens (including phenoxy) is 1. The van der Waals surface area contributed by atoms with Crippen LogP contribution in [0.5, 0.6) is 5.75 Å². The lowest BCUT2D eigenvalue weighted by Crippen LogP contribution is -2.28. The first-order valence-corrected chi connectivity index (χ1v) is 6.82. The molecule has 1 heterocycles. The zero-order valence-electron chi connectivity index (χ0n) is 12.1. The third-order valence-electron chi connectivity index (χ3n) is 3.59. The molecule has 3 N–H and O–H groups in total. The summed E-state index contributed by atoms with van der Waals surface area (Å²) >= 11 is 0. The number of fused-ring (bicyclic) bond motifs is 1. The summed E-state index contributed by atoms with van der Waals surface area (Å²) in [5.74, 6) is 7.29. The molecule has 0 aliphatic heterocycles. The van der Waals surface area contributed by atoms with E-state index >= 15 is 0 Å². The van der Waals surface area contributed by atoms with Crippen molar-refractivity contribution in [1.29, 1.82) is 0 Å². The molecular weight excluding hydrogens is 264 g/mol. The van der Waals surface area contributed by atoms with Gasteiger partial charge in [0.1, 0.15) is 23.1 Å². The number of nitrogens with one attached hydrogen (secondary N) is 1. The number of hydrogen-bond acceptors (Lipinski definition) is 4. The minimum atomic E-state index is -0.256. The van der Waals surface area contributed by atoms with Gasteiger partial charge in [-0.25, -0.2) is 5.43 Å². The molecule has 4 nitrogen and oxygen atoms in total. The second-order valence-electron chi connectivity index (χ2n) is 5.03. The molecule has 3 rings (SSSR count). The van der Waals surface area contributed by atoms with Gasteiger partial charge in [-0.15, -0.1) is 0 Å². The van der Waals surface area contributed by atoms with Gasteiger partial charge in [0, 0.05) is 10.9 Å². The van der Waals surface area contributed by atoms with Crippen LogP contribution in [-0.2, 0) is 0 Å². The number of para-hydroxylation sites is 1. The van der Waals surface area contributed by atoms with Crippen LogP contribution < -0.4 is 16.0 Å². The van der Waals surface area contributed by atoms with Gasteiger partial charge in [-0.2, -0.15) is 0 Å². The molecule has 0 aliphatic carbocycles. The van der Waals surface area contributed by atoms with Crippen LogP contribution in [0.3, 0.4) is 0 Å². The fourth-order valence-electron chi connectivity index (χ4n) is 2.56. The van der Waals surface area contributed by atoms with E-state index < -0.39 is 0 Å². The molecule has 2 aromatic carbocycles. The number of hydrazine groups is 1. The Hall–Kier alpha value is -2.30. The molecular formula is C17H18N2O2. The number of furan rings is 1. The number of aryl methyl sites for hydroxylation is 1. The molecule has 0 saturated heterocycles. The minimum absolute atomic E-state index is 0.256. The van der Waals surface area contributed by atoms with Crippen LogP contribution in [0.15, 0.2) is 52.9 Å². The van der Waals surface area contributed by atoms with E-state index in [-0.39, 0.29) is 6.04 Å². The smallest absolute Gasteiger partial charge is 0.134 e. The number of rotatable bonds is 4. The fraction of sp³-hybridized carbons (Fsp3) is 0.176. The standard InChI is InChI=1S/C17H18N2O2/c1-11-7-8-14-12(9-11)10-16(21-14)17(19-18)13-5-3-4-6-15(13)20-2/h3-10,17,19H,18H2,1-2H3. The molecule has 1 atom stereocenters. The van der Waals surface area contributed by atoms with Crippen molar-refractivity contribution in [1.82, 2.24) is 5.43 Å². The molecule has 1 unspecified atom stereocenters. The maximum Gasteiger partial charge on any atom is 0.134 e. The Morgan fingerprint density at radius 2 is 1.95 bits per heavy atom. The highest BCUT2D eigenvalue weighted by molar-refractivity contribution is 5.79. The average Bonchev–Trinajstić information content (AvgIpc) is 2.91. The predicted molar refractivity (Wildman–Crippen MR) is 83.1 cm³/mol. The second kappa shape index (κ2) is 5.60. The van der Waals surface area contributed by atoms with E-state index in [1.54, 1.807) is 7.11 Å². The predicted octanol–water partition coefficient (Wildman–Crippen LogP) is 3.30. The number of hydrogen-bond donors (Lipinski definition) is 2. The summed E-state index contributed by atoms with van der Waals surface area (Å²) in [5.41, 5.74) is 5.81. The van der Waals surface area contributed by atoms with Gasteiger partial charge in [-0.1, -0.05) is 29.8 Å². The average molecular weight is 282 g/mol. The largest absolute Gasteiger partial charge is 0.496 e. The Morgan fingerprint density at radius 1 is 1.14 bits per heavy atom. The van der Waals surface area contributed by atoms with Crippen LogP contribution in [0.4, 0.5) is 0 Å². The van der Waals surface area contributed by atoms with Crippen LogP contribution >= 0.6 is 0 Å². The lowest BCUT2D eigenvalue weighted by molar-refractivity contribution is 0.396. The van der Waals surface area contributed by atoms with Crippen molar-refractivity contribution < 1.29 is 9.15 Å². The van der Waals surface area contributed by atoms with Crippen molar-refractivity contribution >= 4 is 11.0 Å². The molecule has 21 heavy (non-hydrogen) atoms. The normalized spacial score (nSPS) is 12.5. The Balaban J connectivity index is 2.09. The van der Waals surface area contributed by atoms with E-state index in [0.717, 1.165) is 28.0 Å². The number of benzene rings is 2. The summed E-state index contributed by atoms with van der Waals surface area (Å²) in [5, 5.41) is 1.07. The zero-order valence-corrected chi connectivity index (χ0v) is 12.1. The SMILES string of the molecule is COc1ccccc1C(NN)c1cc2cc(C)ccc2o1. The van der Waals surface area contributed by atoms with Gasteiger partial charge in [0.25, 0.3) is 0 Å². The van der Waals surface area contributed by atoms with Gasteiger partial charge >= 0.3 is 0 Å². The third kappa shape index (κ3) is 2.51. The summed E-state index contributed by atoms with van der Waals surface area (Å²) in [6.45, 7) is 2.06. The molecule has 0 radical (unpaired) electrons. The van der Waals surface area contributed by atoms with Crippen LogP contribution in [0.1, 0.15) is 22.9 Å². The Kier molecular flexibility index (Phi) is 3.64. The summed E-state index contributed by atoms with van der Waals surface area (Å²) in [6.07, 6.45) is 0. The first kappa shape index (κ1) is 13.7. The van der Waals surface area contributed by atoms with E-state index in [1.165, 1.54) is 5.56 Å². The van der Waals surface area contributed by atoms with Crippen molar-refractivity contribution in [2.75, 3.05) is 7.11 Å². The molecule has 0 bridgehead atoms. The molecule has 4 heteroatoms. The van der Waals surface area contributed by atoms with Gasteiger partial charge in [-0.3, -0.25) is 5.84 Å². The molecule has 0 fully saturated rings. The van der Waals surface area contributed by atoms with Gasteiger partial charge < -0.3 is 9.15 Å². The second-order valence-corrected chi connectivity index (χ2v) is 5.03. The lowest BCUT2D eigenvalue weighted by Gasteiger charge is -2.16. The van der Waals surface area contributed by atoms with E-state index in [9.17, 15) is 0 Å². The van der Waals surface area contributed by atoms with Gasteiger partial charge in [0.2, 0.25) is 0 Å². The first-order valence-electron chi connectivity index (χ1n) is 6.82. The molecule has 0 saturated carbocycles. The van der Waals surface area contributed by atoms with Crippen molar-refractivity contribution in [3.63, 3.8) is 0 Å². The molecule has 0 aliphatic rings. The van der Waals surface area contributed by atoms with Gasteiger partial charge in [0.05, 0.1) is 7.11 Å². The highest BCUT2D eigenvalue weighted by Gasteiger charge is 2.20. The van der Waals surface area contributed by atoms with Crippen LogP contribution in [-0.4, -0.2) is 7.11 Å². The zero-order chi connectivity index (χ0) is 14.8. The van der Waals surface area contributed by atoms with E-state index in [4.69, 9.17) is 15.0 Å². The van der Waals surface area contributed by atoms with Crippen LogP contribution in [0.2, 0.25) is 0 Å². The fourth-order valence-corrected chi connectivity index (χ4v) is 2.56. The third-order valence-corrected chi connectivity index (χ3v) is 3.59. The van der Waals surface area contributed by atoms with E-state index in [0.29, 0.717) is 0 Å². The van der Waals surface area contributed by atoms with Crippen molar-refractivity contribution in [3.05, 3.63) is 65.4 Å². The maximum atomic E-state index is 5.93. The van der Waals surface area contributed by atoms with E-state index in [2.05, 4.69) is 18.4 Å². The number of nitrogens with two attached hydrogens (primary N) is 1. The Morgan fingerprint density at radius 3 is 2.71 bits per heavy atom. The topological polar surface area (TPSA) is 60.4 Å². The van der Waals surface area contributed by atoms with Gasteiger partial charge in [-0.05, 0) is 31.2 Å². The molecule has 0 spiro atoms. The number of methoxy groups -OCH3 is 1. The maximum absolute atomic E-state index is 5.93. The van der Waals surface area contributed by atoms with Crippen molar-refractivity contribution in [3.8, 4) is 5.75 Å². The molecule has 3 aromatic rings. The lowest BCUT2D eigenvalue weighted by atomic mass is 10.0. The van der Waals surface area contributed by atoms with Crippen molar-refractivity contribution in [2.45, 2.75) is 13.0 Å². The Bertz CT molecular complexity index is 764. The summed E-state index contributed by atoms with van der Waals surface area (Å²) in [7, 11) is 1.65. The molecule has 1 aromatic heterocycles. The summed E-state index contributed by atoms with van der Waals surface area (Å²) < 4.78 is 11.3. The van der Waals surface area contributed by atoms with Crippen LogP contribution in [0, 0.1) is 6.92 Å². The van der Waals surface area contributed by atoms with E-state index in [1.807, 2.05) is 42.5 Å². The van der Waals surface area contributed by atoms with Crippen LogP contribution in [0.25, 0.3) is 11.0 Å². The Labute approximate surface area is 123 Å².